The molecule has 0 atom stereocenters. The van der Waals surface area contributed by atoms with Crippen molar-refractivity contribution in [2.75, 3.05) is 6.61 Å². The molecule has 3 nitrogen and oxygen atoms in total. The zero-order chi connectivity index (χ0) is 15.2. The van der Waals surface area contributed by atoms with Gasteiger partial charge in [-0.05, 0) is 13.3 Å². The van der Waals surface area contributed by atoms with Crippen molar-refractivity contribution in [1.82, 2.24) is 0 Å². The van der Waals surface area contributed by atoms with Gasteiger partial charge in [0.25, 0.3) is 0 Å². The second-order valence-electron chi connectivity index (χ2n) is 5.20. The fraction of sp³-hybridized carbons (Fsp3) is 0.765. The zero-order valence-corrected chi connectivity index (χ0v) is 13.2. The highest BCUT2D eigenvalue weighted by Crippen LogP contribution is 2.12. The van der Waals surface area contributed by atoms with E-state index in [1.54, 1.807) is 6.92 Å². The van der Waals surface area contributed by atoms with Crippen LogP contribution in [0.3, 0.4) is 0 Å². The quantitative estimate of drug-likeness (QED) is 0.163. The monoisotopic (exact) mass is 282 g/mol. The molecule has 0 unspecified atom stereocenters. The molecular formula is C17H30O3. The topological polar surface area (TPSA) is 43.4 Å². The predicted octanol–water partition coefficient (Wildman–Crippen LogP) is 4.60. The Balaban J connectivity index is 3.48. The largest absolute Gasteiger partial charge is 0.462 e. The van der Waals surface area contributed by atoms with E-state index in [1.165, 1.54) is 44.9 Å². The molecule has 0 aliphatic heterocycles. The summed E-state index contributed by atoms with van der Waals surface area (Å²) in [5, 5.41) is 0. The fourth-order valence-corrected chi connectivity index (χ4v) is 2.08. The maximum Gasteiger partial charge on any atom is 0.341 e. The van der Waals surface area contributed by atoms with Gasteiger partial charge in [0.05, 0.1) is 12.2 Å². The maximum absolute atomic E-state index is 11.7. The van der Waals surface area contributed by atoms with E-state index in [-0.39, 0.29) is 18.0 Å². The summed E-state index contributed by atoms with van der Waals surface area (Å²) in [5.74, 6) is -0.750. The third-order valence-electron chi connectivity index (χ3n) is 3.37. The van der Waals surface area contributed by atoms with Crippen molar-refractivity contribution < 1.29 is 14.3 Å². The van der Waals surface area contributed by atoms with Crippen molar-refractivity contribution in [3.8, 4) is 0 Å². The molecule has 0 aliphatic rings. The summed E-state index contributed by atoms with van der Waals surface area (Å²) in [6, 6.07) is 0. The first-order valence-corrected chi connectivity index (χ1v) is 8.02. The number of hydrogen-bond acceptors (Lipinski definition) is 3. The zero-order valence-electron chi connectivity index (χ0n) is 13.2. The number of esters is 1. The van der Waals surface area contributed by atoms with Gasteiger partial charge in [-0.3, -0.25) is 4.79 Å². The first kappa shape index (κ1) is 18.9. The number of unbranched alkanes of at least 4 members (excludes halogenated alkanes) is 8. The van der Waals surface area contributed by atoms with Crippen LogP contribution < -0.4 is 0 Å². The second-order valence-corrected chi connectivity index (χ2v) is 5.20. The van der Waals surface area contributed by atoms with E-state index < -0.39 is 5.97 Å². The normalized spacial score (nSPS) is 10.3. The van der Waals surface area contributed by atoms with Crippen LogP contribution in [-0.2, 0) is 14.3 Å². The number of rotatable bonds is 13. The summed E-state index contributed by atoms with van der Waals surface area (Å²) >= 11 is 0. The molecule has 116 valence electrons. The number of carbonyl (C=O) groups excluding carboxylic acids is 2. The molecule has 0 aromatic heterocycles. The molecule has 0 amide bonds. The minimum absolute atomic E-state index is 0.00795. The molecule has 0 heterocycles. The van der Waals surface area contributed by atoms with Crippen molar-refractivity contribution in [2.24, 2.45) is 0 Å². The molecule has 0 aromatic rings. The van der Waals surface area contributed by atoms with Crippen molar-refractivity contribution >= 4 is 11.8 Å². The van der Waals surface area contributed by atoms with Gasteiger partial charge in [-0.1, -0.05) is 64.9 Å². The molecule has 0 bridgehead atoms. The Morgan fingerprint density at radius 3 is 1.85 bits per heavy atom. The molecule has 20 heavy (non-hydrogen) atoms. The lowest BCUT2D eigenvalue weighted by atomic mass is 10.0. The van der Waals surface area contributed by atoms with Gasteiger partial charge >= 0.3 is 5.97 Å². The summed E-state index contributed by atoms with van der Waals surface area (Å²) in [7, 11) is 0. The van der Waals surface area contributed by atoms with Crippen LogP contribution in [0.5, 0.6) is 0 Å². The molecule has 0 aromatic carbocycles. The SMILES string of the molecule is C=C(C(=O)CCCCCCCCCCC)C(=O)OCC. The first-order chi connectivity index (χ1) is 9.63. The van der Waals surface area contributed by atoms with Crippen molar-refractivity contribution in [1.29, 1.82) is 0 Å². The molecule has 0 spiro atoms. The summed E-state index contributed by atoms with van der Waals surface area (Å²) in [6.07, 6.45) is 11.3. The van der Waals surface area contributed by atoms with Crippen LogP contribution in [-0.4, -0.2) is 18.4 Å². The third kappa shape index (κ3) is 9.76. The third-order valence-corrected chi connectivity index (χ3v) is 3.37. The minimum atomic E-state index is -0.576. The summed E-state index contributed by atoms with van der Waals surface area (Å²) in [6.45, 7) is 7.73. The Hall–Kier alpha value is -1.12. The summed E-state index contributed by atoms with van der Waals surface area (Å²) in [5.41, 5.74) is -0.00795. The Kier molecular flexibility index (Phi) is 12.2. The second kappa shape index (κ2) is 12.9. The van der Waals surface area contributed by atoms with Crippen LogP contribution in [0.2, 0.25) is 0 Å². The lowest BCUT2D eigenvalue weighted by Gasteiger charge is -2.04. The van der Waals surface area contributed by atoms with Gasteiger partial charge < -0.3 is 4.74 Å². The molecular weight excluding hydrogens is 252 g/mol. The number of ketones is 1. The van der Waals surface area contributed by atoms with Crippen LogP contribution >= 0.6 is 0 Å². The number of Topliss-reactive ketones (excluding diaryl/α,β-unsaturated/α-hetero) is 1. The molecule has 0 radical (unpaired) electrons. The van der Waals surface area contributed by atoms with E-state index in [0.717, 1.165) is 12.8 Å². The van der Waals surface area contributed by atoms with Gasteiger partial charge in [0.15, 0.2) is 5.78 Å². The van der Waals surface area contributed by atoms with Crippen molar-refractivity contribution in [3.05, 3.63) is 12.2 Å². The summed E-state index contributed by atoms with van der Waals surface area (Å²) < 4.78 is 4.76. The number of carbonyl (C=O) groups is 2. The smallest absolute Gasteiger partial charge is 0.341 e. The van der Waals surface area contributed by atoms with E-state index in [0.29, 0.717) is 6.42 Å². The highest BCUT2D eigenvalue weighted by Gasteiger charge is 2.15. The number of ether oxygens (including phenoxy) is 1. The van der Waals surface area contributed by atoms with Crippen LogP contribution in [0.15, 0.2) is 12.2 Å². The lowest BCUT2D eigenvalue weighted by molar-refractivity contribution is -0.140. The van der Waals surface area contributed by atoms with E-state index in [2.05, 4.69) is 13.5 Å². The van der Waals surface area contributed by atoms with Crippen molar-refractivity contribution in [3.63, 3.8) is 0 Å². The maximum atomic E-state index is 11.7. The standard InChI is InChI=1S/C17H30O3/c1-4-6-7-8-9-10-11-12-13-14-16(18)15(3)17(19)20-5-2/h3-14H2,1-2H3. The number of hydrogen-bond donors (Lipinski definition) is 0. The average Bonchev–Trinajstić information content (AvgIpc) is 2.44. The van der Waals surface area contributed by atoms with Crippen LogP contribution in [0.1, 0.15) is 78.1 Å². The van der Waals surface area contributed by atoms with Crippen LogP contribution in [0.25, 0.3) is 0 Å². The predicted molar refractivity (Wildman–Crippen MR) is 82.6 cm³/mol. The van der Waals surface area contributed by atoms with Gasteiger partial charge in [-0.15, -0.1) is 0 Å². The molecule has 0 rings (SSSR count). The van der Waals surface area contributed by atoms with Gasteiger partial charge in [0.2, 0.25) is 0 Å². The Labute approximate surface area is 123 Å². The van der Waals surface area contributed by atoms with Gasteiger partial charge in [0.1, 0.15) is 0 Å². The summed E-state index contributed by atoms with van der Waals surface area (Å²) in [4.78, 5) is 23.0. The highest BCUT2D eigenvalue weighted by atomic mass is 16.5. The molecule has 0 saturated heterocycles. The van der Waals surface area contributed by atoms with Gasteiger partial charge in [0, 0.05) is 6.42 Å². The Bertz CT molecular complexity index is 295. The molecule has 3 heteroatoms. The molecule has 0 aliphatic carbocycles. The Morgan fingerprint density at radius 2 is 1.35 bits per heavy atom. The first-order valence-electron chi connectivity index (χ1n) is 8.02. The van der Waals surface area contributed by atoms with Gasteiger partial charge in [-0.25, -0.2) is 4.79 Å². The Morgan fingerprint density at radius 1 is 0.850 bits per heavy atom. The van der Waals surface area contributed by atoms with E-state index in [9.17, 15) is 9.59 Å². The molecule has 0 fully saturated rings. The van der Waals surface area contributed by atoms with E-state index in [1.807, 2.05) is 0 Å². The van der Waals surface area contributed by atoms with Crippen LogP contribution in [0, 0.1) is 0 Å². The van der Waals surface area contributed by atoms with Crippen molar-refractivity contribution in [2.45, 2.75) is 78.1 Å². The minimum Gasteiger partial charge on any atom is -0.462 e. The van der Waals surface area contributed by atoms with Gasteiger partial charge in [-0.2, -0.15) is 0 Å². The molecule has 0 saturated carbocycles. The van der Waals surface area contributed by atoms with E-state index >= 15 is 0 Å². The average molecular weight is 282 g/mol. The molecule has 0 N–H and O–H groups in total. The lowest BCUT2D eigenvalue weighted by Crippen LogP contribution is -2.14. The van der Waals surface area contributed by atoms with Crippen LogP contribution in [0.4, 0.5) is 0 Å². The highest BCUT2D eigenvalue weighted by molar-refractivity contribution is 6.16. The fourth-order valence-electron chi connectivity index (χ4n) is 2.08. The van der Waals surface area contributed by atoms with E-state index in [4.69, 9.17) is 4.74 Å².